The van der Waals surface area contributed by atoms with Gasteiger partial charge < -0.3 is 15.8 Å². The maximum Gasteiger partial charge on any atom is 0.225 e. The van der Waals surface area contributed by atoms with Crippen LogP contribution in [0, 0.1) is 0 Å². The molecule has 0 radical (unpaired) electrons. The molecule has 2 rings (SSSR count). The maximum atomic E-state index is 12.2. The molecule has 5 nitrogen and oxygen atoms in total. The number of likely N-dealkylation sites (tertiary alicyclic amines) is 1. The number of amides is 1. The van der Waals surface area contributed by atoms with Crippen LogP contribution in [0.2, 0.25) is 10.0 Å². The van der Waals surface area contributed by atoms with E-state index in [0.29, 0.717) is 35.2 Å². The lowest BCUT2D eigenvalue weighted by atomic mass is 9.99. The van der Waals surface area contributed by atoms with Gasteiger partial charge in [0, 0.05) is 39.2 Å². The Balaban J connectivity index is 0.00000288. The first-order chi connectivity index (χ1) is 11.0. The Labute approximate surface area is 159 Å². The molecule has 1 fully saturated rings. The lowest BCUT2D eigenvalue weighted by molar-refractivity contribution is -0.116. The average Bonchev–Trinajstić information content (AvgIpc) is 2.56. The molecule has 1 heterocycles. The van der Waals surface area contributed by atoms with Crippen LogP contribution in [-0.2, 0) is 9.53 Å². The molecule has 1 amide bonds. The van der Waals surface area contributed by atoms with Gasteiger partial charge in [-0.1, -0.05) is 29.3 Å². The fourth-order valence-corrected chi connectivity index (χ4v) is 3.37. The number of halogens is 3. The highest BCUT2D eigenvalue weighted by atomic mass is 35.5. The van der Waals surface area contributed by atoms with E-state index in [9.17, 15) is 4.79 Å². The Morgan fingerprint density at radius 2 is 2.08 bits per heavy atom. The van der Waals surface area contributed by atoms with Crippen LogP contribution in [0.25, 0.3) is 0 Å². The molecule has 1 aromatic rings. The van der Waals surface area contributed by atoms with E-state index in [1.165, 1.54) is 0 Å². The summed E-state index contributed by atoms with van der Waals surface area (Å²) in [5, 5.41) is 3.66. The summed E-state index contributed by atoms with van der Waals surface area (Å²) >= 11 is 12.1. The van der Waals surface area contributed by atoms with Gasteiger partial charge in [0.2, 0.25) is 5.91 Å². The molecule has 0 aliphatic carbocycles. The number of rotatable bonds is 6. The van der Waals surface area contributed by atoms with E-state index in [2.05, 4.69) is 10.2 Å². The molecule has 3 N–H and O–H groups in total. The Morgan fingerprint density at radius 1 is 1.42 bits per heavy atom. The smallest absolute Gasteiger partial charge is 0.225 e. The second kappa shape index (κ2) is 10.4. The summed E-state index contributed by atoms with van der Waals surface area (Å²) < 4.78 is 5.41. The van der Waals surface area contributed by atoms with Crippen LogP contribution in [-0.4, -0.2) is 49.7 Å². The Morgan fingerprint density at radius 3 is 2.67 bits per heavy atom. The number of hydrogen-bond donors (Lipinski definition) is 2. The molecule has 2 unspecified atom stereocenters. The number of nitrogens with zero attached hydrogens (tertiary/aromatic N) is 1. The number of methoxy groups -OCH3 is 1. The summed E-state index contributed by atoms with van der Waals surface area (Å²) in [5.74, 6) is -0.107. The van der Waals surface area contributed by atoms with E-state index >= 15 is 0 Å². The maximum absolute atomic E-state index is 12.2. The number of benzene rings is 1. The topological polar surface area (TPSA) is 67.6 Å². The lowest BCUT2D eigenvalue weighted by Gasteiger charge is -2.38. The molecule has 0 saturated carbocycles. The molecule has 1 aliphatic heterocycles. The van der Waals surface area contributed by atoms with Crippen molar-refractivity contribution in [1.82, 2.24) is 4.90 Å². The third kappa shape index (κ3) is 5.76. The first kappa shape index (κ1) is 21.5. The molecule has 0 bridgehead atoms. The fraction of sp³-hybridized carbons (Fsp3) is 0.562. The van der Waals surface area contributed by atoms with Crippen molar-refractivity contribution in [2.24, 2.45) is 5.73 Å². The van der Waals surface area contributed by atoms with Gasteiger partial charge in [-0.05, 0) is 25.0 Å². The Kier molecular flexibility index (Phi) is 9.34. The van der Waals surface area contributed by atoms with Gasteiger partial charge in [-0.3, -0.25) is 9.69 Å². The molecule has 1 aromatic carbocycles. The van der Waals surface area contributed by atoms with Gasteiger partial charge in [0.05, 0.1) is 21.8 Å². The molecule has 24 heavy (non-hydrogen) atoms. The van der Waals surface area contributed by atoms with Gasteiger partial charge in [-0.2, -0.15) is 0 Å². The first-order valence-corrected chi connectivity index (χ1v) is 8.51. The normalized spacial score (nSPS) is 21.2. The van der Waals surface area contributed by atoms with E-state index in [1.54, 1.807) is 25.3 Å². The number of carbonyl (C=O) groups is 1. The number of ether oxygens (including phenoxy) is 1. The summed E-state index contributed by atoms with van der Waals surface area (Å²) in [6, 6.07) is 5.39. The van der Waals surface area contributed by atoms with Crippen LogP contribution in [0.1, 0.15) is 19.3 Å². The number of carbonyl (C=O) groups excluding carboxylic acids is 1. The Bertz CT molecular complexity index is 525. The number of nitrogens with one attached hydrogen (secondary N) is 1. The van der Waals surface area contributed by atoms with Crippen LogP contribution >= 0.6 is 35.6 Å². The van der Waals surface area contributed by atoms with E-state index in [1.807, 2.05) is 0 Å². The predicted octanol–water partition coefficient (Wildman–Crippen LogP) is 3.18. The third-order valence-electron chi connectivity index (χ3n) is 4.25. The minimum Gasteiger partial charge on any atom is -0.381 e. The second-order valence-corrected chi connectivity index (χ2v) is 6.52. The zero-order valence-electron chi connectivity index (χ0n) is 13.6. The van der Waals surface area contributed by atoms with E-state index in [-0.39, 0.29) is 30.5 Å². The molecule has 136 valence electrons. The molecular weight excluding hydrogens is 373 g/mol. The highest BCUT2D eigenvalue weighted by Crippen LogP contribution is 2.30. The average molecular weight is 397 g/mol. The number of hydrogen-bond acceptors (Lipinski definition) is 4. The van der Waals surface area contributed by atoms with Crippen molar-refractivity contribution in [3.8, 4) is 0 Å². The zero-order chi connectivity index (χ0) is 16.8. The molecule has 1 aliphatic rings. The summed E-state index contributed by atoms with van der Waals surface area (Å²) in [6.45, 7) is 2.12. The molecule has 2 atom stereocenters. The van der Waals surface area contributed by atoms with E-state index < -0.39 is 0 Å². The predicted molar refractivity (Wildman–Crippen MR) is 101 cm³/mol. The summed E-state index contributed by atoms with van der Waals surface area (Å²) in [7, 11) is 1.73. The summed E-state index contributed by atoms with van der Waals surface area (Å²) in [6.07, 6.45) is 2.50. The lowest BCUT2D eigenvalue weighted by Crippen LogP contribution is -2.49. The largest absolute Gasteiger partial charge is 0.381 e. The zero-order valence-corrected chi connectivity index (χ0v) is 16.0. The highest BCUT2D eigenvalue weighted by molar-refractivity contribution is 6.39. The fourth-order valence-electron chi connectivity index (χ4n) is 2.88. The third-order valence-corrected chi connectivity index (χ3v) is 4.88. The molecule has 0 spiro atoms. The SMILES string of the molecule is COC1CCN(CCC(=O)Nc2c(Cl)cccc2Cl)C(CN)C1.Cl. The molecule has 8 heteroatoms. The van der Waals surface area contributed by atoms with Gasteiger partial charge in [-0.15, -0.1) is 12.4 Å². The number of nitrogens with two attached hydrogens (primary N) is 1. The number of anilines is 1. The van der Waals surface area contributed by atoms with E-state index in [4.69, 9.17) is 33.7 Å². The Hall–Kier alpha value is -0.560. The van der Waals surface area contributed by atoms with Crippen molar-refractivity contribution >= 4 is 47.2 Å². The van der Waals surface area contributed by atoms with Crippen LogP contribution < -0.4 is 11.1 Å². The van der Waals surface area contributed by atoms with Crippen molar-refractivity contribution in [2.75, 3.05) is 32.1 Å². The van der Waals surface area contributed by atoms with Gasteiger partial charge in [0.1, 0.15) is 0 Å². The molecule has 1 saturated heterocycles. The first-order valence-electron chi connectivity index (χ1n) is 7.76. The summed E-state index contributed by atoms with van der Waals surface area (Å²) in [5.41, 5.74) is 6.31. The van der Waals surface area contributed by atoms with Gasteiger partial charge >= 0.3 is 0 Å². The standard InChI is InChI=1S/C16H23Cl2N3O2.ClH/c1-23-12-5-7-21(11(9-12)10-19)8-6-15(22)20-16-13(17)3-2-4-14(16)18;/h2-4,11-12H,5-10,19H2,1H3,(H,20,22);1H. The van der Waals surface area contributed by atoms with Gasteiger partial charge in [0.25, 0.3) is 0 Å². The minimum atomic E-state index is -0.107. The van der Waals surface area contributed by atoms with Crippen LogP contribution in [0.4, 0.5) is 5.69 Å². The van der Waals surface area contributed by atoms with Crippen molar-refractivity contribution in [2.45, 2.75) is 31.4 Å². The van der Waals surface area contributed by atoms with Crippen molar-refractivity contribution in [3.05, 3.63) is 28.2 Å². The molecular formula is C16H24Cl3N3O2. The van der Waals surface area contributed by atoms with Crippen LogP contribution in [0.5, 0.6) is 0 Å². The van der Waals surface area contributed by atoms with Gasteiger partial charge in [0.15, 0.2) is 0 Å². The molecule has 0 aromatic heterocycles. The van der Waals surface area contributed by atoms with Crippen molar-refractivity contribution in [3.63, 3.8) is 0 Å². The van der Waals surface area contributed by atoms with E-state index in [0.717, 1.165) is 19.4 Å². The monoisotopic (exact) mass is 395 g/mol. The van der Waals surface area contributed by atoms with Crippen molar-refractivity contribution < 1.29 is 9.53 Å². The quantitative estimate of drug-likeness (QED) is 0.775. The van der Waals surface area contributed by atoms with Crippen LogP contribution in [0.15, 0.2) is 18.2 Å². The van der Waals surface area contributed by atoms with Crippen molar-refractivity contribution in [1.29, 1.82) is 0 Å². The highest BCUT2D eigenvalue weighted by Gasteiger charge is 2.27. The number of para-hydroxylation sites is 1. The second-order valence-electron chi connectivity index (χ2n) is 5.70. The minimum absolute atomic E-state index is 0. The number of piperidine rings is 1. The summed E-state index contributed by atoms with van der Waals surface area (Å²) in [4.78, 5) is 14.4. The van der Waals surface area contributed by atoms with Crippen LogP contribution in [0.3, 0.4) is 0 Å². The van der Waals surface area contributed by atoms with Gasteiger partial charge in [-0.25, -0.2) is 0 Å².